The minimum absolute atomic E-state index is 0.0367. The normalized spacial score (nSPS) is 23.9. The Morgan fingerprint density at radius 2 is 2.07 bits per heavy atom. The number of piperidine rings is 1. The summed E-state index contributed by atoms with van der Waals surface area (Å²) < 4.78 is 18.5. The molecule has 1 fully saturated rings. The van der Waals surface area contributed by atoms with Crippen LogP contribution < -0.4 is 15.0 Å². The number of anilines is 2. The van der Waals surface area contributed by atoms with Crippen LogP contribution in [0.2, 0.25) is 5.02 Å². The lowest BCUT2D eigenvalue weighted by molar-refractivity contribution is 0.206. The van der Waals surface area contributed by atoms with Crippen molar-refractivity contribution in [2.24, 2.45) is 0 Å². The molecule has 1 unspecified atom stereocenters. The molecule has 5 heterocycles. The van der Waals surface area contributed by atoms with Crippen molar-refractivity contribution in [3.8, 4) is 5.75 Å². The van der Waals surface area contributed by atoms with E-state index in [9.17, 15) is 9.32 Å². The summed E-state index contributed by atoms with van der Waals surface area (Å²) in [6, 6.07) is -0.202. The van der Waals surface area contributed by atoms with Crippen LogP contribution in [-0.4, -0.2) is 62.4 Å². The van der Waals surface area contributed by atoms with Crippen molar-refractivity contribution in [3.05, 3.63) is 28.9 Å². The van der Waals surface area contributed by atoms with Gasteiger partial charge in [0.05, 0.1) is 44.7 Å². The van der Waals surface area contributed by atoms with Gasteiger partial charge >= 0.3 is 0 Å². The lowest BCUT2D eigenvalue weighted by Crippen LogP contribution is -2.38. The first-order valence-electron chi connectivity index (χ1n) is 9.82. The molecule has 0 spiro atoms. The summed E-state index contributed by atoms with van der Waals surface area (Å²) in [5.74, 6) is 3.16. The van der Waals surface area contributed by atoms with Crippen molar-refractivity contribution in [3.63, 3.8) is 0 Å². The van der Waals surface area contributed by atoms with Crippen molar-refractivity contribution in [2.75, 3.05) is 42.3 Å². The van der Waals surface area contributed by atoms with Gasteiger partial charge in [0.1, 0.15) is 12.4 Å². The monoisotopic (exact) mass is 435 g/mol. The van der Waals surface area contributed by atoms with Gasteiger partial charge in [0, 0.05) is 43.6 Å². The second kappa shape index (κ2) is 7.70. The maximum absolute atomic E-state index is 12.5. The fraction of sp³-hybridized carbons (Fsp3) is 0.526. The van der Waals surface area contributed by atoms with Gasteiger partial charge in [-0.15, -0.1) is 0 Å². The molecule has 0 aliphatic carbocycles. The Morgan fingerprint density at radius 3 is 2.79 bits per heavy atom. The van der Waals surface area contributed by atoms with E-state index < -0.39 is 10.8 Å². The largest absolute Gasteiger partial charge is 0.485 e. The molecule has 0 saturated carbocycles. The molecule has 5 rings (SSSR count). The van der Waals surface area contributed by atoms with Gasteiger partial charge in [0.2, 0.25) is 0 Å². The third-order valence-corrected chi connectivity index (χ3v) is 7.37. The van der Waals surface area contributed by atoms with Crippen LogP contribution in [0.1, 0.15) is 30.3 Å². The number of hydrogen-bond acceptors (Lipinski definition) is 8. The van der Waals surface area contributed by atoms with Crippen molar-refractivity contribution >= 4 is 33.9 Å². The van der Waals surface area contributed by atoms with Crippen molar-refractivity contribution < 1.29 is 14.1 Å². The molecule has 154 valence electrons. The van der Waals surface area contributed by atoms with Gasteiger partial charge in [-0.3, -0.25) is 4.21 Å². The Morgan fingerprint density at radius 1 is 1.31 bits per heavy atom. The number of halogens is 1. The molecular formula is C19H22ClN5O3S. The molecule has 0 amide bonds. The van der Waals surface area contributed by atoms with Crippen LogP contribution in [-0.2, 0) is 17.2 Å². The fourth-order valence-corrected chi connectivity index (χ4v) is 5.66. The summed E-state index contributed by atoms with van der Waals surface area (Å²) in [4.78, 5) is 16.6. The van der Waals surface area contributed by atoms with Gasteiger partial charge in [-0.05, 0) is 12.8 Å². The number of pyridine rings is 1. The molecule has 3 aliphatic heterocycles. The predicted molar refractivity (Wildman–Crippen MR) is 110 cm³/mol. The highest BCUT2D eigenvalue weighted by molar-refractivity contribution is 7.85. The minimum atomic E-state index is -1.08. The third kappa shape index (κ3) is 3.45. The standard InChI is InChI=1S/C19H22ClN5O3S/c20-12-7-21-18(22-8-12)11-1-4-25(5-2-11)19-16-15(23-13(9-26)10-28-16)17-14(24-19)3-6-29(17)27/h7-8,11,13,23,26H,1-6,9-10H2/t13?,29-/m1/s1. The molecule has 10 heteroatoms. The van der Waals surface area contributed by atoms with E-state index in [1.54, 1.807) is 12.4 Å². The highest BCUT2D eigenvalue weighted by Gasteiger charge is 2.35. The highest BCUT2D eigenvalue weighted by atomic mass is 35.5. The number of rotatable bonds is 3. The van der Waals surface area contributed by atoms with E-state index in [0.29, 0.717) is 35.5 Å². The zero-order valence-electron chi connectivity index (χ0n) is 15.8. The van der Waals surface area contributed by atoms with Gasteiger partial charge in [-0.1, -0.05) is 11.6 Å². The molecule has 2 aromatic rings. The van der Waals surface area contributed by atoms with Gasteiger partial charge in [-0.25, -0.2) is 15.0 Å². The maximum atomic E-state index is 12.5. The van der Waals surface area contributed by atoms with Crippen molar-refractivity contribution in [2.45, 2.75) is 36.1 Å². The van der Waals surface area contributed by atoms with Gasteiger partial charge < -0.3 is 20.1 Å². The molecule has 2 N–H and O–H groups in total. The Bertz CT molecular complexity index is 950. The Kier molecular flexibility index (Phi) is 5.05. The molecule has 0 aromatic carbocycles. The first-order chi connectivity index (χ1) is 14.1. The summed E-state index contributed by atoms with van der Waals surface area (Å²) >= 11 is 5.90. The first-order valence-corrected chi connectivity index (χ1v) is 11.5. The van der Waals surface area contributed by atoms with Crippen LogP contribution in [0.3, 0.4) is 0 Å². The van der Waals surface area contributed by atoms with Crippen LogP contribution in [0.5, 0.6) is 5.75 Å². The number of ether oxygens (including phenoxy) is 1. The molecule has 0 radical (unpaired) electrons. The summed E-state index contributed by atoms with van der Waals surface area (Å²) in [6.07, 6.45) is 5.81. The SMILES string of the molecule is O=[S@@]1CCc2nc(N3CCC(c4ncc(Cl)cn4)CC3)c3c(c21)NC(CO)CO3. The Balaban J connectivity index is 1.42. The van der Waals surface area contributed by atoms with E-state index in [4.69, 9.17) is 21.3 Å². The average molecular weight is 436 g/mol. The molecule has 2 atom stereocenters. The zero-order chi connectivity index (χ0) is 20.0. The van der Waals surface area contributed by atoms with Crippen LogP contribution in [0, 0.1) is 0 Å². The molecule has 8 nitrogen and oxygen atoms in total. The highest BCUT2D eigenvalue weighted by Crippen LogP contribution is 2.45. The maximum Gasteiger partial charge on any atom is 0.186 e. The van der Waals surface area contributed by atoms with Crippen LogP contribution in [0.15, 0.2) is 17.3 Å². The molecular weight excluding hydrogens is 414 g/mol. The third-order valence-electron chi connectivity index (χ3n) is 5.71. The van der Waals surface area contributed by atoms with Crippen molar-refractivity contribution in [1.82, 2.24) is 15.0 Å². The van der Waals surface area contributed by atoms with Crippen LogP contribution in [0.25, 0.3) is 0 Å². The van der Waals surface area contributed by atoms with Gasteiger partial charge in [0.15, 0.2) is 11.6 Å². The number of fused-ring (bicyclic) bond motifs is 3. The van der Waals surface area contributed by atoms with E-state index >= 15 is 0 Å². The van der Waals surface area contributed by atoms with E-state index in [1.165, 1.54) is 0 Å². The lowest BCUT2D eigenvalue weighted by Gasteiger charge is -2.36. The van der Waals surface area contributed by atoms with E-state index in [-0.39, 0.29) is 12.6 Å². The smallest absolute Gasteiger partial charge is 0.186 e. The lowest BCUT2D eigenvalue weighted by atomic mass is 9.96. The molecule has 0 bridgehead atoms. The predicted octanol–water partition coefficient (Wildman–Crippen LogP) is 1.74. The quantitative estimate of drug-likeness (QED) is 0.751. The van der Waals surface area contributed by atoms with Gasteiger partial charge in [0.25, 0.3) is 0 Å². The van der Waals surface area contributed by atoms with Crippen LogP contribution >= 0.6 is 11.6 Å². The van der Waals surface area contributed by atoms with E-state index in [1.807, 2.05) is 0 Å². The average Bonchev–Trinajstić information content (AvgIpc) is 3.14. The summed E-state index contributed by atoms with van der Waals surface area (Å²) in [5, 5.41) is 13.4. The first kappa shape index (κ1) is 19.0. The summed E-state index contributed by atoms with van der Waals surface area (Å²) in [7, 11) is -1.08. The summed E-state index contributed by atoms with van der Waals surface area (Å²) in [5.41, 5.74) is 1.62. The van der Waals surface area contributed by atoms with Gasteiger partial charge in [-0.2, -0.15) is 0 Å². The van der Waals surface area contributed by atoms with Crippen molar-refractivity contribution in [1.29, 1.82) is 0 Å². The number of aromatic nitrogens is 3. The topological polar surface area (TPSA) is 100 Å². The number of aliphatic hydroxyl groups excluding tert-OH is 1. The summed E-state index contributed by atoms with van der Waals surface area (Å²) in [6.45, 7) is 1.94. The second-order valence-corrected chi connectivity index (χ2v) is 9.51. The number of aliphatic hydroxyl groups is 1. The number of nitrogens with one attached hydrogen (secondary N) is 1. The zero-order valence-corrected chi connectivity index (χ0v) is 17.4. The number of hydrogen-bond donors (Lipinski definition) is 2. The van der Waals surface area contributed by atoms with E-state index in [2.05, 4.69) is 20.2 Å². The molecule has 3 aliphatic rings. The molecule has 2 aromatic heterocycles. The minimum Gasteiger partial charge on any atom is -0.485 e. The molecule has 29 heavy (non-hydrogen) atoms. The number of aryl methyl sites for hydroxylation is 1. The Labute approximate surface area is 176 Å². The van der Waals surface area contributed by atoms with E-state index in [0.717, 1.165) is 53.9 Å². The van der Waals surface area contributed by atoms with Crippen LogP contribution in [0.4, 0.5) is 11.5 Å². The fourth-order valence-electron chi connectivity index (χ4n) is 4.19. The Hall–Kier alpha value is -1.97. The second-order valence-electron chi connectivity index (χ2n) is 7.57. The number of nitrogens with zero attached hydrogens (tertiary/aromatic N) is 4. The molecule has 1 saturated heterocycles.